The van der Waals surface area contributed by atoms with Crippen molar-refractivity contribution in [2.24, 2.45) is 0 Å². The largest absolute Gasteiger partial charge is 0.313 e. The zero-order valence-electron chi connectivity index (χ0n) is 14.3. The summed E-state index contributed by atoms with van der Waals surface area (Å²) >= 11 is 5.91. The first-order valence-electron chi connectivity index (χ1n) is 8.31. The Morgan fingerprint density at radius 2 is 1.86 bits per heavy atom. The third-order valence-electron chi connectivity index (χ3n) is 4.41. The average molecular weight is 394 g/mol. The maximum Gasteiger partial charge on any atom is 0.296 e. The van der Waals surface area contributed by atoms with Crippen LogP contribution < -0.4 is 5.56 Å². The zero-order valence-corrected chi connectivity index (χ0v) is 15.1. The lowest BCUT2D eigenvalue weighted by Gasteiger charge is -2.05. The Kier molecular flexibility index (Phi) is 4.37. The first kappa shape index (κ1) is 17.8. The molecule has 0 aliphatic rings. The number of nitro groups is 1. The molecule has 1 heterocycles. The van der Waals surface area contributed by atoms with Gasteiger partial charge in [-0.3, -0.25) is 19.7 Å². The lowest BCUT2D eigenvalue weighted by Crippen LogP contribution is -2.19. The van der Waals surface area contributed by atoms with Gasteiger partial charge in [0.15, 0.2) is 5.78 Å². The number of hydrogen-bond acceptors (Lipinski definition) is 5. The number of aromatic amines is 1. The molecule has 0 spiro atoms. The first-order chi connectivity index (χ1) is 13.4. The van der Waals surface area contributed by atoms with Crippen molar-refractivity contribution < 1.29 is 9.72 Å². The van der Waals surface area contributed by atoms with Gasteiger partial charge >= 0.3 is 0 Å². The van der Waals surface area contributed by atoms with Crippen LogP contribution in [0.4, 0.5) is 5.69 Å². The first-order valence-corrected chi connectivity index (χ1v) is 8.69. The van der Waals surface area contributed by atoms with E-state index in [2.05, 4.69) is 9.97 Å². The lowest BCUT2D eigenvalue weighted by molar-refractivity contribution is -0.383. The van der Waals surface area contributed by atoms with Gasteiger partial charge in [0, 0.05) is 16.7 Å². The Morgan fingerprint density at radius 3 is 2.61 bits per heavy atom. The van der Waals surface area contributed by atoms with E-state index in [1.807, 2.05) is 30.3 Å². The van der Waals surface area contributed by atoms with Gasteiger partial charge in [-0.1, -0.05) is 48.0 Å². The number of hydrogen-bond donors (Lipinski definition) is 1. The van der Waals surface area contributed by atoms with Crippen LogP contribution in [0.15, 0.2) is 59.4 Å². The molecule has 0 aliphatic heterocycles. The van der Waals surface area contributed by atoms with Crippen molar-refractivity contribution in [2.75, 3.05) is 0 Å². The zero-order chi connectivity index (χ0) is 19.8. The van der Waals surface area contributed by atoms with Crippen molar-refractivity contribution in [3.8, 4) is 0 Å². The maximum atomic E-state index is 12.7. The molecule has 1 aromatic heterocycles. The van der Waals surface area contributed by atoms with Crippen LogP contribution in [0.2, 0.25) is 5.02 Å². The fourth-order valence-corrected chi connectivity index (χ4v) is 3.26. The Morgan fingerprint density at radius 1 is 1.11 bits per heavy atom. The Balaban J connectivity index is 1.74. The van der Waals surface area contributed by atoms with Crippen molar-refractivity contribution in [3.05, 3.63) is 91.3 Å². The second-order valence-electron chi connectivity index (χ2n) is 6.25. The van der Waals surface area contributed by atoms with Crippen LogP contribution in [0.1, 0.15) is 16.1 Å². The minimum Gasteiger partial charge on any atom is -0.313 e. The SMILES string of the molecule is O=C(Cc1nc2cc(Cl)cc([N+](=O)[O-])c2[nH]c1=O)c1ccc2ccccc2c1. The second-order valence-corrected chi connectivity index (χ2v) is 6.69. The predicted molar refractivity (Wildman–Crippen MR) is 106 cm³/mol. The molecule has 138 valence electrons. The molecule has 7 nitrogen and oxygen atoms in total. The highest BCUT2D eigenvalue weighted by molar-refractivity contribution is 6.31. The number of benzene rings is 3. The van der Waals surface area contributed by atoms with Crippen LogP contribution in [0.25, 0.3) is 21.8 Å². The smallest absolute Gasteiger partial charge is 0.296 e. The summed E-state index contributed by atoms with van der Waals surface area (Å²) in [7, 11) is 0. The molecule has 1 N–H and O–H groups in total. The summed E-state index contributed by atoms with van der Waals surface area (Å²) in [4.78, 5) is 42.1. The molecule has 0 saturated carbocycles. The highest BCUT2D eigenvalue weighted by Crippen LogP contribution is 2.26. The molecule has 0 bridgehead atoms. The Hall–Kier alpha value is -3.58. The van der Waals surface area contributed by atoms with Crippen LogP contribution in [0, 0.1) is 10.1 Å². The fourth-order valence-electron chi connectivity index (χ4n) is 3.06. The number of ketones is 1. The lowest BCUT2D eigenvalue weighted by atomic mass is 10.0. The van der Waals surface area contributed by atoms with Gasteiger partial charge in [0.05, 0.1) is 16.9 Å². The quantitative estimate of drug-likeness (QED) is 0.319. The monoisotopic (exact) mass is 393 g/mol. The number of rotatable bonds is 4. The Bertz CT molecular complexity index is 1330. The van der Waals surface area contributed by atoms with E-state index in [0.29, 0.717) is 5.56 Å². The number of non-ortho nitro benzene ring substituents is 1. The molecule has 8 heteroatoms. The van der Waals surface area contributed by atoms with E-state index < -0.39 is 10.5 Å². The number of fused-ring (bicyclic) bond motifs is 2. The topological polar surface area (TPSA) is 106 Å². The highest BCUT2D eigenvalue weighted by atomic mass is 35.5. The van der Waals surface area contributed by atoms with Gasteiger partial charge in [0.25, 0.3) is 11.2 Å². The summed E-state index contributed by atoms with van der Waals surface area (Å²) in [6.07, 6.45) is -0.232. The van der Waals surface area contributed by atoms with Gasteiger partial charge < -0.3 is 4.98 Å². The third-order valence-corrected chi connectivity index (χ3v) is 4.63. The van der Waals surface area contributed by atoms with E-state index in [4.69, 9.17) is 11.6 Å². The molecular weight excluding hydrogens is 382 g/mol. The molecule has 0 atom stereocenters. The number of carbonyl (C=O) groups is 1. The van der Waals surface area contributed by atoms with Crippen molar-refractivity contribution in [3.63, 3.8) is 0 Å². The molecule has 28 heavy (non-hydrogen) atoms. The van der Waals surface area contributed by atoms with E-state index >= 15 is 0 Å². The number of halogens is 1. The van der Waals surface area contributed by atoms with E-state index in [0.717, 1.165) is 16.8 Å². The minimum absolute atomic E-state index is 0.0257. The van der Waals surface area contributed by atoms with Gasteiger partial charge in [0.1, 0.15) is 11.2 Å². The molecule has 0 saturated heterocycles. The predicted octanol–water partition coefficient (Wildman–Crippen LogP) is 4.06. The van der Waals surface area contributed by atoms with Gasteiger partial charge in [0.2, 0.25) is 0 Å². The van der Waals surface area contributed by atoms with Gasteiger partial charge in [-0.05, 0) is 22.9 Å². The number of nitrogens with zero attached hydrogens (tertiary/aromatic N) is 2. The molecule has 0 fully saturated rings. The van der Waals surface area contributed by atoms with Crippen LogP contribution in [-0.4, -0.2) is 20.7 Å². The Labute approximate surface area is 162 Å². The highest BCUT2D eigenvalue weighted by Gasteiger charge is 2.19. The van der Waals surface area contributed by atoms with Crippen LogP contribution >= 0.6 is 11.6 Å². The van der Waals surface area contributed by atoms with Gasteiger partial charge in [-0.2, -0.15) is 0 Å². The standard InChI is InChI=1S/C20H12ClN3O4/c21-14-8-15-19(17(9-14)24(27)28)23-20(26)16(22-15)10-18(25)13-6-5-11-3-1-2-4-12(11)7-13/h1-9H,10H2,(H,23,26). The minimum atomic E-state index is -0.647. The molecule has 3 aromatic carbocycles. The summed E-state index contributed by atoms with van der Waals surface area (Å²) in [6, 6.07) is 15.5. The molecular formula is C20H12ClN3O4. The normalized spacial score (nSPS) is 11.0. The number of nitro benzene ring substituents is 1. The summed E-state index contributed by atoms with van der Waals surface area (Å²) in [5.41, 5.74) is -0.438. The summed E-state index contributed by atoms with van der Waals surface area (Å²) < 4.78 is 0. The second kappa shape index (κ2) is 6.86. The summed E-state index contributed by atoms with van der Waals surface area (Å²) in [5.74, 6) is -0.278. The third kappa shape index (κ3) is 3.23. The average Bonchev–Trinajstić information content (AvgIpc) is 2.67. The van der Waals surface area contributed by atoms with Gasteiger partial charge in [-0.25, -0.2) is 4.98 Å². The van der Waals surface area contributed by atoms with E-state index in [1.54, 1.807) is 12.1 Å². The van der Waals surface area contributed by atoms with Crippen molar-refractivity contribution in [1.82, 2.24) is 9.97 Å². The molecule has 0 aliphatic carbocycles. The van der Waals surface area contributed by atoms with Crippen LogP contribution in [0.3, 0.4) is 0 Å². The summed E-state index contributed by atoms with van der Waals surface area (Å²) in [6.45, 7) is 0. The van der Waals surface area contributed by atoms with E-state index in [1.165, 1.54) is 6.07 Å². The van der Waals surface area contributed by atoms with E-state index in [9.17, 15) is 19.7 Å². The van der Waals surface area contributed by atoms with Crippen molar-refractivity contribution in [2.45, 2.75) is 6.42 Å². The van der Waals surface area contributed by atoms with Crippen molar-refractivity contribution >= 4 is 44.9 Å². The van der Waals surface area contributed by atoms with Crippen LogP contribution in [0.5, 0.6) is 0 Å². The molecule has 4 aromatic rings. The summed E-state index contributed by atoms with van der Waals surface area (Å²) in [5, 5.41) is 13.2. The number of carbonyl (C=O) groups excluding carboxylic acids is 1. The molecule has 0 unspecified atom stereocenters. The maximum absolute atomic E-state index is 12.7. The number of Topliss-reactive ketones (excluding diaryl/α,β-unsaturated/α-hetero) is 1. The van der Waals surface area contributed by atoms with E-state index in [-0.39, 0.29) is 39.6 Å². The van der Waals surface area contributed by atoms with Crippen LogP contribution in [-0.2, 0) is 6.42 Å². The fraction of sp³-hybridized carbons (Fsp3) is 0.0500. The molecule has 0 radical (unpaired) electrons. The molecule has 4 rings (SSSR count). The number of H-pyrrole nitrogens is 1. The molecule has 0 amide bonds. The van der Waals surface area contributed by atoms with Crippen molar-refractivity contribution in [1.29, 1.82) is 0 Å². The number of aromatic nitrogens is 2. The number of nitrogens with one attached hydrogen (secondary N) is 1. The van der Waals surface area contributed by atoms with Gasteiger partial charge in [-0.15, -0.1) is 0 Å².